The summed E-state index contributed by atoms with van der Waals surface area (Å²) in [7, 11) is 0. The van der Waals surface area contributed by atoms with Crippen LogP contribution in [0.15, 0.2) is 36.7 Å². The van der Waals surface area contributed by atoms with E-state index in [9.17, 15) is 4.79 Å². The maximum Gasteiger partial charge on any atom is 0.219 e. The van der Waals surface area contributed by atoms with Crippen LogP contribution in [0.25, 0.3) is 11.1 Å². The van der Waals surface area contributed by atoms with Gasteiger partial charge in [-0.3, -0.25) is 14.6 Å². The van der Waals surface area contributed by atoms with Crippen molar-refractivity contribution >= 4 is 17.4 Å². The van der Waals surface area contributed by atoms with E-state index in [1.165, 1.54) is 18.5 Å². The molecule has 1 saturated carbocycles. The lowest BCUT2D eigenvalue weighted by Gasteiger charge is -2.26. The Labute approximate surface area is 163 Å². The van der Waals surface area contributed by atoms with Crippen LogP contribution in [0.3, 0.4) is 0 Å². The van der Waals surface area contributed by atoms with Crippen LogP contribution in [0.1, 0.15) is 31.0 Å². The first-order valence-electron chi connectivity index (χ1n) is 9.87. The summed E-state index contributed by atoms with van der Waals surface area (Å²) >= 11 is 0. The van der Waals surface area contributed by atoms with Gasteiger partial charge in [-0.25, -0.2) is 0 Å². The van der Waals surface area contributed by atoms with Crippen molar-refractivity contribution in [2.45, 2.75) is 39.3 Å². The monoisotopic (exact) mass is 376 g/mol. The predicted octanol–water partition coefficient (Wildman–Crippen LogP) is 3.33. The summed E-state index contributed by atoms with van der Waals surface area (Å²) in [6.07, 6.45) is 7.16. The van der Waals surface area contributed by atoms with E-state index in [2.05, 4.69) is 32.3 Å². The molecule has 0 bridgehead atoms. The van der Waals surface area contributed by atoms with E-state index >= 15 is 0 Å². The van der Waals surface area contributed by atoms with Gasteiger partial charge in [0.25, 0.3) is 0 Å². The van der Waals surface area contributed by atoms with Crippen molar-refractivity contribution in [2.75, 3.05) is 11.9 Å². The van der Waals surface area contributed by atoms with E-state index < -0.39 is 0 Å². The lowest BCUT2D eigenvalue weighted by molar-refractivity contribution is -0.129. The Hall–Kier alpha value is -3.09. The number of amides is 1. The van der Waals surface area contributed by atoms with Crippen molar-refractivity contribution in [2.24, 2.45) is 5.92 Å². The fourth-order valence-electron chi connectivity index (χ4n) is 3.88. The number of hydrogen-bond donors (Lipinski definition) is 2. The van der Waals surface area contributed by atoms with Crippen LogP contribution in [-0.2, 0) is 24.3 Å². The molecule has 2 aromatic heterocycles. The zero-order chi connectivity index (χ0) is 19.1. The Balaban J connectivity index is 1.47. The number of aromatic nitrogens is 4. The molecule has 1 aromatic carbocycles. The molecule has 1 amide bonds. The van der Waals surface area contributed by atoms with E-state index in [4.69, 9.17) is 5.10 Å². The minimum Gasteiger partial charge on any atom is -0.338 e. The summed E-state index contributed by atoms with van der Waals surface area (Å²) < 4.78 is 2.17. The average Bonchev–Trinajstić information content (AvgIpc) is 3.23. The zero-order valence-corrected chi connectivity index (χ0v) is 16.0. The van der Waals surface area contributed by atoms with E-state index in [1.807, 2.05) is 29.4 Å². The summed E-state index contributed by atoms with van der Waals surface area (Å²) in [6.45, 7) is 4.02. The molecular weight excluding hydrogens is 352 g/mol. The number of anilines is 2. The second-order valence-electron chi connectivity index (χ2n) is 7.78. The first-order chi connectivity index (χ1) is 13.7. The molecule has 7 nitrogen and oxygen atoms in total. The molecule has 2 aliphatic rings. The first kappa shape index (κ1) is 17.0. The zero-order valence-electron chi connectivity index (χ0n) is 16.0. The van der Waals surface area contributed by atoms with Crippen molar-refractivity contribution < 1.29 is 4.79 Å². The van der Waals surface area contributed by atoms with Crippen LogP contribution >= 0.6 is 0 Å². The van der Waals surface area contributed by atoms with Crippen LogP contribution in [-0.4, -0.2) is 37.3 Å². The third-order valence-corrected chi connectivity index (χ3v) is 5.66. The van der Waals surface area contributed by atoms with E-state index in [-0.39, 0.29) is 5.91 Å². The molecule has 0 unspecified atom stereocenters. The highest BCUT2D eigenvalue weighted by Crippen LogP contribution is 2.34. The highest BCUT2D eigenvalue weighted by molar-refractivity contribution is 5.75. The van der Waals surface area contributed by atoms with Gasteiger partial charge >= 0.3 is 0 Å². The van der Waals surface area contributed by atoms with E-state index in [0.717, 1.165) is 53.6 Å². The maximum absolute atomic E-state index is 11.9. The molecule has 0 spiro atoms. The van der Waals surface area contributed by atoms with Gasteiger partial charge in [0.05, 0.1) is 12.7 Å². The average molecular weight is 376 g/mol. The fraction of sp³-hybridized carbons (Fsp3) is 0.381. The Kier molecular flexibility index (Phi) is 4.15. The Morgan fingerprint density at radius 2 is 2.21 bits per heavy atom. The quantitative estimate of drug-likeness (QED) is 0.716. The molecule has 2 N–H and O–H groups in total. The number of nitrogens with zero attached hydrogens (tertiary/aromatic N) is 4. The van der Waals surface area contributed by atoms with Gasteiger partial charge in [0.15, 0.2) is 5.82 Å². The number of benzene rings is 1. The van der Waals surface area contributed by atoms with Crippen molar-refractivity contribution in [3.8, 4) is 11.1 Å². The highest BCUT2D eigenvalue weighted by Gasteiger charge is 2.29. The van der Waals surface area contributed by atoms with Crippen molar-refractivity contribution in [1.82, 2.24) is 24.9 Å². The van der Waals surface area contributed by atoms with Crippen LogP contribution in [0.4, 0.5) is 11.5 Å². The van der Waals surface area contributed by atoms with Crippen molar-refractivity contribution in [1.29, 1.82) is 0 Å². The lowest BCUT2D eigenvalue weighted by Crippen LogP contribution is -2.34. The van der Waals surface area contributed by atoms with Gasteiger partial charge in [0.2, 0.25) is 5.91 Å². The standard InChI is InChI=1S/C21H24N6O/c1-14(28)26-8-7-20-19(13-26)21(25-27(20)12-15-5-6-15)24-18-4-2-3-16(9-18)17-10-22-23-11-17/h2-4,9-11,15H,5-8,12-13H2,1H3,(H,22,23)(H,24,25). The minimum absolute atomic E-state index is 0.119. The number of rotatable bonds is 5. The third kappa shape index (κ3) is 3.28. The molecule has 0 atom stereocenters. The number of fused-ring (bicyclic) bond motifs is 1. The number of H-pyrrole nitrogens is 1. The second-order valence-corrected chi connectivity index (χ2v) is 7.78. The Morgan fingerprint density at radius 3 is 2.96 bits per heavy atom. The number of nitrogens with one attached hydrogen (secondary N) is 2. The molecule has 0 radical (unpaired) electrons. The molecule has 144 valence electrons. The summed E-state index contributed by atoms with van der Waals surface area (Å²) in [5.41, 5.74) is 5.55. The van der Waals surface area contributed by atoms with Gasteiger partial charge < -0.3 is 10.2 Å². The van der Waals surface area contributed by atoms with Crippen LogP contribution in [0, 0.1) is 5.92 Å². The third-order valence-electron chi connectivity index (χ3n) is 5.66. The van der Waals surface area contributed by atoms with Crippen LogP contribution < -0.4 is 5.32 Å². The Bertz CT molecular complexity index is 1000. The molecule has 1 aliphatic heterocycles. The van der Waals surface area contributed by atoms with Crippen molar-refractivity contribution in [3.63, 3.8) is 0 Å². The minimum atomic E-state index is 0.119. The smallest absolute Gasteiger partial charge is 0.219 e. The predicted molar refractivity (Wildman–Crippen MR) is 107 cm³/mol. The van der Waals surface area contributed by atoms with E-state index in [0.29, 0.717) is 6.54 Å². The van der Waals surface area contributed by atoms with Gasteiger partial charge in [0, 0.05) is 55.1 Å². The van der Waals surface area contributed by atoms with E-state index in [1.54, 1.807) is 6.92 Å². The Morgan fingerprint density at radius 1 is 1.32 bits per heavy atom. The first-order valence-corrected chi connectivity index (χ1v) is 9.87. The number of carbonyl (C=O) groups is 1. The lowest BCUT2D eigenvalue weighted by atomic mass is 10.1. The molecule has 3 heterocycles. The van der Waals surface area contributed by atoms with Crippen LogP contribution in [0.2, 0.25) is 0 Å². The summed E-state index contributed by atoms with van der Waals surface area (Å²) in [5, 5.41) is 15.3. The summed E-state index contributed by atoms with van der Waals surface area (Å²) in [4.78, 5) is 13.8. The number of aromatic amines is 1. The molecule has 28 heavy (non-hydrogen) atoms. The number of hydrogen-bond acceptors (Lipinski definition) is 4. The molecule has 3 aromatic rings. The molecule has 1 fully saturated rings. The molecule has 5 rings (SSSR count). The van der Waals surface area contributed by atoms with Gasteiger partial charge in [-0.1, -0.05) is 12.1 Å². The summed E-state index contributed by atoms with van der Waals surface area (Å²) in [6, 6.07) is 8.24. The largest absolute Gasteiger partial charge is 0.338 e. The molecular formula is C21H24N6O. The molecule has 1 aliphatic carbocycles. The highest BCUT2D eigenvalue weighted by atomic mass is 16.2. The van der Waals surface area contributed by atoms with Gasteiger partial charge in [-0.05, 0) is 36.5 Å². The molecule has 7 heteroatoms. The maximum atomic E-state index is 11.9. The fourth-order valence-corrected chi connectivity index (χ4v) is 3.88. The van der Waals surface area contributed by atoms with Gasteiger partial charge in [0.1, 0.15) is 0 Å². The van der Waals surface area contributed by atoms with Gasteiger partial charge in [-0.15, -0.1) is 0 Å². The van der Waals surface area contributed by atoms with Gasteiger partial charge in [-0.2, -0.15) is 10.2 Å². The SMILES string of the molecule is CC(=O)N1CCc2c(c(Nc3cccc(-c4cn[nH]c4)c3)nn2CC2CC2)C1. The normalized spacial score (nSPS) is 16.1. The number of carbonyl (C=O) groups excluding carboxylic acids is 1. The second kappa shape index (κ2) is 6.82. The molecule has 0 saturated heterocycles. The van der Waals surface area contributed by atoms with Crippen molar-refractivity contribution in [3.05, 3.63) is 47.9 Å². The topological polar surface area (TPSA) is 78.8 Å². The summed E-state index contributed by atoms with van der Waals surface area (Å²) in [5.74, 6) is 1.74. The van der Waals surface area contributed by atoms with Crippen LogP contribution in [0.5, 0.6) is 0 Å².